The predicted octanol–water partition coefficient (Wildman–Crippen LogP) is 1.50. The van der Waals surface area contributed by atoms with Crippen LogP contribution in [0, 0.1) is 0 Å². The molecule has 1 aliphatic rings. The Morgan fingerprint density at radius 2 is 2.29 bits per heavy atom. The van der Waals surface area contributed by atoms with E-state index in [4.69, 9.17) is 16.7 Å². The fourth-order valence-corrected chi connectivity index (χ4v) is 1.95. The maximum absolute atomic E-state index is 8.66. The fourth-order valence-electron chi connectivity index (χ4n) is 1.95. The van der Waals surface area contributed by atoms with Crippen LogP contribution < -0.4 is 16.8 Å². The van der Waals surface area contributed by atoms with Crippen LogP contribution in [0.25, 0.3) is 0 Å². The van der Waals surface area contributed by atoms with Gasteiger partial charge in [-0.1, -0.05) is 24.2 Å². The van der Waals surface area contributed by atoms with Crippen LogP contribution in [-0.4, -0.2) is 11.0 Å². The molecule has 5 heteroatoms. The molecule has 1 unspecified atom stereocenters. The smallest absolute Gasteiger partial charge is 0.170 e. The third-order valence-corrected chi connectivity index (χ3v) is 2.96. The van der Waals surface area contributed by atoms with Crippen LogP contribution in [0.2, 0.25) is 0 Å². The lowest BCUT2D eigenvalue weighted by atomic mass is 9.95. The van der Waals surface area contributed by atoms with Crippen molar-refractivity contribution in [2.24, 2.45) is 16.6 Å². The molecule has 1 heterocycles. The minimum absolute atomic E-state index is 0.0917. The van der Waals surface area contributed by atoms with Crippen LogP contribution >= 0.6 is 0 Å². The second-order valence-electron chi connectivity index (χ2n) is 4.21. The zero-order valence-electron chi connectivity index (χ0n) is 9.64. The Morgan fingerprint density at radius 1 is 1.53 bits per heavy atom. The molecular formula is C12H16N4O. The van der Waals surface area contributed by atoms with Crippen LogP contribution in [0.1, 0.15) is 30.4 Å². The molecule has 2 rings (SSSR count). The number of allylic oxidation sites excluding steroid dienone is 1. The van der Waals surface area contributed by atoms with Gasteiger partial charge in [-0.25, -0.2) is 0 Å². The van der Waals surface area contributed by atoms with E-state index in [9.17, 15) is 0 Å². The van der Waals surface area contributed by atoms with E-state index in [0.29, 0.717) is 17.3 Å². The molecule has 0 aliphatic carbocycles. The molecule has 6 N–H and O–H groups in total. The number of amidine groups is 1. The van der Waals surface area contributed by atoms with Crippen LogP contribution in [-0.2, 0) is 0 Å². The molecule has 90 valence electrons. The number of rotatable bonds is 1. The summed E-state index contributed by atoms with van der Waals surface area (Å²) in [5, 5.41) is 14.8. The Labute approximate surface area is 99.8 Å². The maximum atomic E-state index is 8.66. The Balaban J connectivity index is 2.47. The summed E-state index contributed by atoms with van der Waals surface area (Å²) < 4.78 is 0. The average Bonchev–Trinajstić information content (AvgIpc) is 2.47. The lowest BCUT2D eigenvalue weighted by Crippen LogP contribution is -2.14. The first-order valence-electron chi connectivity index (χ1n) is 5.46. The van der Waals surface area contributed by atoms with E-state index in [1.54, 1.807) is 0 Å². The first-order chi connectivity index (χ1) is 8.11. The molecule has 0 saturated carbocycles. The molecule has 0 fully saturated rings. The van der Waals surface area contributed by atoms with Gasteiger partial charge in [-0.2, -0.15) is 0 Å². The van der Waals surface area contributed by atoms with Gasteiger partial charge in [0.25, 0.3) is 0 Å². The van der Waals surface area contributed by atoms with Crippen molar-refractivity contribution < 1.29 is 5.21 Å². The largest absolute Gasteiger partial charge is 0.409 e. The highest BCUT2D eigenvalue weighted by molar-refractivity contribution is 5.98. The van der Waals surface area contributed by atoms with Crippen molar-refractivity contribution in [2.75, 3.05) is 5.32 Å². The molecule has 1 aliphatic heterocycles. The van der Waals surface area contributed by atoms with Gasteiger partial charge in [0.15, 0.2) is 5.84 Å². The molecule has 5 nitrogen and oxygen atoms in total. The molecule has 17 heavy (non-hydrogen) atoms. The third kappa shape index (κ3) is 2.18. The maximum Gasteiger partial charge on any atom is 0.170 e. The Morgan fingerprint density at radius 3 is 3.00 bits per heavy atom. The molecule has 0 bridgehead atoms. The SMILES string of the molecule is CC1CC=C(N)Nc2cc(/C(N)=N/O)ccc21. The van der Waals surface area contributed by atoms with Crippen molar-refractivity contribution in [1.82, 2.24) is 0 Å². The highest BCUT2D eigenvalue weighted by atomic mass is 16.4. The van der Waals surface area contributed by atoms with Gasteiger partial charge < -0.3 is 22.0 Å². The summed E-state index contributed by atoms with van der Waals surface area (Å²) in [6.45, 7) is 2.14. The van der Waals surface area contributed by atoms with Gasteiger partial charge in [0.05, 0.1) is 5.82 Å². The van der Waals surface area contributed by atoms with Crippen molar-refractivity contribution >= 4 is 11.5 Å². The number of hydrogen-bond donors (Lipinski definition) is 4. The lowest BCUT2D eigenvalue weighted by molar-refractivity contribution is 0.318. The highest BCUT2D eigenvalue weighted by Gasteiger charge is 2.15. The molecule has 1 aromatic carbocycles. The molecular weight excluding hydrogens is 216 g/mol. The number of anilines is 1. The van der Waals surface area contributed by atoms with Crippen molar-refractivity contribution in [3.63, 3.8) is 0 Å². The molecule has 0 saturated heterocycles. The van der Waals surface area contributed by atoms with Gasteiger partial charge in [-0.15, -0.1) is 0 Å². The van der Waals surface area contributed by atoms with E-state index in [0.717, 1.165) is 12.1 Å². The second kappa shape index (κ2) is 4.37. The highest BCUT2D eigenvalue weighted by Crippen LogP contribution is 2.31. The zero-order valence-corrected chi connectivity index (χ0v) is 9.64. The summed E-state index contributed by atoms with van der Waals surface area (Å²) in [6.07, 6.45) is 2.86. The van der Waals surface area contributed by atoms with Crippen molar-refractivity contribution in [1.29, 1.82) is 0 Å². The van der Waals surface area contributed by atoms with Crippen molar-refractivity contribution in [2.45, 2.75) is 19.3 Å². The summed E-state index contributed by atoms with van der Waals surface area (Å²) in [5.74, 6) is 1.11. The number of nitrogens with zero attached hydrogens (tertiary/aromatic N) is 1. The van der Waals surface area contributed by atoms with E-state index in [2.05, 4.69) is 17.4 Å². The first-order valence-corrected chi connectivity index (χ1v) is 5.46. The molecule has 0 amide bonds. The quantitative estimate of drug-likeness (QED) is 0.255. The minimum atomic E-state index is 0.0917. The number of hydrogen-bond acceptors (Lipinski definition) is 4. The summed E-state index contributed by atoms with van der Waals surface area (Å²) in [4.78, 5) is 0. The van der Waals surface area contributed by atoms with Gasteiger partial charge in [-0.05, 0) is 30.0 Å². The van der Waals surface area contributed by atoms with E-state index in [-0.39, 0.29) is 5.84 Å². The Hall–Kier alpha value is -2.17. The molecule has 1 aromatic rings. The summed E-state index contributed by atoms with van der Waals surface area (Å²) in [5.41, 5.74) is 14.1. The summed E-state index contributed by atoms with van der Waals surface area (Å²) >= 11 is 0. The predicted molar refractivity (Wildman–Crippen MR) is 67.9 cm³/mol. The monoisotopic (exact) mass is 232 g/mol. The molecule has 0 aromatic heterocycles. The van der Waals surface area contributed by atoms with Crippen molar-refractivity contribution in [3.05, 3.63) is 41.2 Å². The number of benzene rings is 1. The second-order valence-corrected chi connectivity index (χ2v) is 4.21. The number of nitrogens with two attached hydrogens (primary N) is 2. The lowest BCUT2D eigenvalue weighted by Gasteiger charge is -2.14. The topological polar surface area (TPSA) is 96.7 Å². The van der Waals surface area contributed by atoms with Crippen LogP contribution in [0.3, 0.4) is 0 Å². The normalized spacial score (nSPS) is 19.9. The van der Waals surface area contributed by atoms with Crippen LogP contribution in [0.15, 0.2) is 35.3 Å². The number of oxime groups is 1. The molecule has 0 spiro atoms. The van der Waals surface area contributed by atoms with Gasteiger partial charge in [0.1, 0.15) is 0 Å². The van der Waals surface area contributed by atoms with Gasteiger partial charge >= 0.3 is 0 Å². The van der Waals surface area contributed by atoms with E-state index < -0.39 is 0 Å². The van der Waals surface area contributed by atoms with Crippen LogP contribution in [0.4, 0.5) is 5.69 Å². The zero-order chi connectivity index (χ0) is 12.4. The third-order valence-electron chi connectivity index (χ3n) is 2.96. The Bertz CT molecular complexity index is 493. The summed E-state index contributed by atoms with van der Waals surface area (Å²) in [7, 11) is 0. The summed E-state index contributed by atoms with van der Waals surface area (Å²) in [6, 6.07) is 5.66. The fraction of sp³-hybridized carbons (Fsp3) is 0.250. The first kappa shape index (κ1) is 11.3. The number of fused-ring (bicyclic) bond motifs is 1. The number of nitrogens with one attached hydrogen (secondary N) is 1. The van der Waals surface area contributed by atoms with Gasteiger partial charge in [0, 0.05) is 11.3 Å². The van der Waals surface area contributed by atoms with Gasteiger partial charge in [0.2, 0.25) is 0 Å². The molecule has 0 radical (unpaired) electrons. The van der Waals surface area contributed by atoms with E-state index >= 15 is 0 Å². The van der Waals surface area contributed by atoms with E-state index in [1.807, 2.05) is 24.3 Å². The average molecular weight is 232 g/mol. The molecule has 1 atom stereocenters. The minimum Gasteiger partial charge on any atom is -0.409 e. The van der Waals surface area contributed by atoms with Crippen molar-refractivity contribution in [3.8, 4) is 0 Å². The van der Waals surface area contributed by atoms with Crippen LogP contribution in [0.5, 0.6) is 0 Å². The standard InChI is InChI=1S/C12H16N4O/c1-7-2-5-11(13)15-10-6-8(12(14)16-17)3-4-9(7)10/h3-7,15,17H,2,13H2,1H3,(H2,14,16). The Kier molecular flexibility index (Phi) is 2.91. The van der Waals surface area contributed by atoms with Gasteiger partial charge in [-0.3, -0.25) is 0 Å². The van der Waals surface area contributed by atoms with E-state index in [1.165, 1.54) is 5.56 Å².